The molecule has 0 saturated heterocycles. The molecule has 0 bridgehead atoms. The molecule has 0 radical (unpaired) electrons. The van der Waals surface area contributed by atoms with Crippen LogP contribution in [-0.4, -0.2) is 20.2 Å². The Morgan fingerprint density at radius 3 is 1.38 bits per heavy atom. The van der Waals surface area contributed by atoms with Gasteiger partial charge >= 0.3 is 106 Å². The van der Waals surface area contributed by atoms with E-state index in [1.54, 1.807) is 7.02 Å². The molecular formula is C15H17Sb. The molecule has 0 amide bonds. The van der Waals surface area contributed by atoms with Crippen molar-refractivity contribution in [3.63, 3.8) is 0 Å². The molecule has 0 aliphatic heterocycles. The third-order valence-corrected chi connectivity index (χ3v) is 10.4. The summed E-state index contributed by atoms with van der Waals surface area (Å²) < 4.78 is 3.98. The van der Waals surface area contributed by atoms with E-state index in [0.717, 1.165) is 3.86 Å². The minimum absolute atomic E-state index is 0.799. The third-order valence-electron chi connectivity index (χ3n) is 2.59. The van der Waals surface area contributed by atoms with Crippen LogP contribution in [0.4, 0.5) is 0 Å². The van der Waals surface area contributed by atoms with Crippen molar-refractivity contribution in [1.29, 1.82) is 0 Å². The van der Waals surface area contributed by atoms with Crippen molar-refractivity contribution < 1.29 is 0 Å². The molecule has 0 aliphatic carbocycles. The molecule has 2 aromatic rings. The van der Waals surface area contributed by atoms with Crippen LogP contribution in [0.2, 0.25) is 3.86 Å². The molecule has 0 atom stereocenters. The van der Waals surface area contributed by atoms with Crippen LogP contribution < -0.4 is 7.02 Å². The second-order valence-electron chi connectivity index (χ2n) is 4.13. The fraction of sp³-hybridized carbons (Fsp3) is 0.200. The van der Waals surface area contributed by atoms with E-state index in [4.69, 9.17) is 0 Å². The SMILES string of the molecule is C[CH](C)[Sb]([c]1ccccc1)[c]1ccccc1. The Bertz CT molecular complexity index is 380. The predicted molar refractivity (Wildman–Crippen MR) is 73.0 cm³/mol. The second kappa shape index (κ2) is 5.55. The van der Waals surface area contributed by atoms with Gasteiger partial charge in [0.15, 0.2) is 0 Å². The minimum atomic E-state index is -1.51. The first-order valence-corrected chi connectivity index (χ1v) is 9.71. The molecule has 82 valence electrons. The summed E-state index contributed by atoms with van der Waals surface area (Å²) in [5.41, 5.74) is 0. The van der Waals surface area contributed by atoms with Crippen molar-refractivity contribution in [1.82, 2.24) is 0 Å². The maximum absolute atomic E-state index is 2.36. The van der Waals surface area contributed by atoms with Crippen LogP contribution in [0.3, 0.4) is 0 Å². The number of hydrogen-bond donors (Lipinski definition) is 0. The number of rotatable bonds is 3. The molecule has 0 aromatic heterocycles. The van der Waals surface area contributed by atoms with Crippen LogP contribution in [0, 0.1) is 0 Å². The summed E-state index contributed by atoms with van der Waals surface area (Å²) in [6, 6.07) is 22.1. The first-order valence-electron chi connectivity index (χ1n) is 5.68. The van der Waals surface area contributed by atoms with Crippen LogP contribution in [0.15, 0.2) is 60.7 Å². The van der Waals surface area contributed by atoms with Crippen molar-refractivity contribution in [3.05, 3.63) is 60.7 Å². The van der Waals surface area contributed by atoms with E-state index in [1.807, 2.05) is 0 Å². The Balaban J connectivity index is 2.40. The molecule has 2 aromatic carbocycles. The molecule has 0 heterocycles. The van der Waals surface area contributed by atoms with Crippen LogP contribution >= 0.6 is 0 Å². The van der Waals surface area contributed by atoms with Gasteiger partial charge in [0.2, 0.25) is 0 Å². The zero-order valence-electron chi connectivity index (χ0n) is 9.80. The normalized spacial score (nSPS) is 11.0. The Kier molecular flexibility index (Phi) is 4.07. The van der Waals surface area contributed by atoms with E-state index in [9.17, 15) is 0 Å². The van der Waals surface area contributed by atoms with Gasteiger partial charge in [-0.05, 0) is 0 Å². The van der Waals surface area contributed by atoms with Crippen molar-refractivity contribution >= 4 is 27.2 Å². The zero-order chi connectivity index (χ0) is 11.4. The first kappa shape index (κ1) is 11.7. The van der Waals surface area contributed by atoms with Gasteiger partial charge in [0, 0.05) is 0 Å². The molecule has 1 heteroatoms. The molecule has 0 N–H and O–H groups in total. The number of benzene rings is 2. The van der Waals surface area contributed by atoms with Crippen LogP contribution in [0.1, 0.15) is 13.8 Å². The Morgan fingerprint density at radius 2 is 1.06 bits per heavy atom. The second-order valence-corrected chi connectivity index (χ2v) is 12.1. The molecule has 0 fully saturated rings. The molecule has 0 spiro atoms. The molecule has 0 aliphatic rings. The van der Waals surface area contributed by atoms with Gasteiger partial charge in [0.25, 0.3) is 0 Å². The van der Waals surface area contributed by atoms with E-state index in [1.165, 1.54) is 0 Å². The van der Waals surface area contributed by atoms with Gasteiger partial charge in [0.05, 0.1) is 0 Å². The number of hydrogen-bond acceptors (Lipinski definition) is 0. The molecule has 16 heavy (non-hydrogen) atoms. The predicted octanol–water partition coefficient (Wildman–Crippen LogP) is 2.71. The summed E-state index contributed by atoms with van der Waals surface area (Å²) in [6.07, 6.45) is 0. The van der Waals surface area contributed by atoms with Gasteiger partial charge in [-0.25, -0.2) is 0 Å². The molecular weight excluding hydrogens is 302 g/mol. The van der Waals surface area contributed by atoms with Gasteiger partial charge < -0.3 is 0 Å². The summed E-state index contributed by atoms with van der Waals surface area (Å²) in [5, 5.41) is 0. The van der Waals surface area contributed by atoms with Gasteiger partial charge in [-0.2, -0.15) is 0 Å². The average Bonchev–Trinajstić information content (AvgIpc) is 2.31. The summed E-state index contributed by atoms with van der Waals surface area (Å²) in [7, 11) is 0. The van der Waals surface area contributed by atoms with Crippen LogP contribution in [-0.2, 0) is 0 Å². The van der Waals surface area contributed by atoms with E-state index in [0.29, 0.717) is 0 Å². The Hall–Kier alpha value is -0.742. The van der Waals surface area contributed by atoms with E-state index < -0.39 is 20.2 Å². The van der Waals surface area contributed by atoms with Crippen LogP contribution in [0.25, 0.3) is 0 Å². The van der Waals surface area contributed by atoms with Crippen LogP contribution in [0.5, 0.6) is 0 Å². The maximum atomic E-state index is 2.36. The molecule has 0 saturated carbocycles. The fourth-order valence-electron chi connectivity index (χ4n) is 1.92. The van der Waals surface area contributed by atoms with Crippen molar-refractivity contribution in [2.45, 2.75) is 17.7 Å². The summed E-state index contributed by atoms with van der Waals surface area (Å²) in [5.74, 6) is 0. The van der Waals surface area contributed by atoms with Gasteiger partial charge in [-0.15, -0.1) is 0 Å². The van der Waals surface area contributed by atoms with Crippen molar-refractivity contribution in [3.8, 4) is 0 Å². The van der Waals surface area contributed by atoms with E-state index >= 15 is 0 Å². The monoisotopic (exact) mass is 318 g/mol. The molecule has 2 rings (SSSR count). The van der Waals surface area contributed by atoms with E-state index in [2.05, 4.69) is 74.5 Å². The average molecular weight is 319 g/mol. The van der Waals surface area contributed by atoms with Gasteiger partial charge in [0.1, 0.15) is 0 Å². The van der Waals surface area contributed by atoms with Gasteiger partial charge in [-0.3, -0.25) is 0 Å². The van der Waals surface area contributed by atoms with Crippen molar-refractivity contribution in [2.24, 2.45) is 0 Å². The zero-order valence-corrected chi connectivity index (χ0v) is 12.4. The Labute approximate surface area is 105 Å². The van der Waals surface area contributed by atoms with Crippen molar-refractivity contribution in [2.75, 3.05) is 0 Å². The fourth-order valence-corrected chi connectivity index (χ4v) is 8.99. The summed E-state index contributed by atoms with van der Waals surface area (Å²) in [4.78, 5) is 0. The summed E-state index contributed by atoms with van der Waals surface area (Å²) >= 11 is -1.51. The molecule has 0 nitrogen and oxygen atoms in total. The topological polar surface area (TPSA) is 0 Å². The molecule has 0 unspecified atom stereocenters. The quantitative estimate of drug-likeness (QED) is 0.763. The first-order chi connectivity index (χ1) is 7.79. The third kappa shape index (κ3) is 2.68. The van der Waals surface area contributed by atoms with Gasteiger partial charge in [-0.1, -0.05) is 0 Å². The summed E-state index contributed by atoms with van der Waals surface area (Å²) in [6.45, 7) is 4.73. The van der Waals surface area contributed by atoms with E-state index in [-0.39, 0.29) is 0 Å². The standard InChI is InChI=1S/2C6H5.C3H7.Sb/c2*1-2-4-6-5-3-1;1-3-2;/h2*1-5H;3H,1-2H3;. The Morgan fingerprint density at radius 1 is 0.688 bits per heavy atom.